The van der Waals surface area contributed by atoms with E-state index in [1.54, 1.807) is 0 Å². The van der Waals surface area contributed by atoms with Gasteiger partial charge in [-0.3, -0.25) is 0 Å². The Morgan fingerprint density at radius 2 is 1.69 bits per heavy atom. The van der Waals surface area contributed by atoms with Crippen LogP contribution in [-0.2, 0) is 14.2 Å². The Morgan fingerprint density at radius 1 is 1.06 bits per heavy atom. The quantitative estimate of drug-likeness (QED) is 0.327. The molecule has 0 aliphatic carbocycles. The number of rotatable bonds is 9. The van der Waals surface area contributed by atoms with Gasteiger partial charge in [-0.25, -0.2) is 0 Å². The Morgan fingerprint density at radius 3 is 2.31 bits per heavy atom. The molecule has 1 aliphatic rings. The van der Waals surface area contributed by atoms with Crippen molar-refractivity contribution in [3.05, 3.63) is 0 Å². The summed E-state index contributed by atoms with van der Waals surface area (Å²) in [5.41, 5.74) is 0. The topological polar surface area (TPSA) is 112 Å². The van der Waals surface area contributed by atoms with Crippen molar-refractivity contribution in [2.45, 2.75) is 24.6 Å². The van der Waals surface area contributed by atoms with Gasteiger partial charge in [0.2, 0.25) is 0 Å². The molecular formula is C9H18O7. The molecule has 0 aromatic heterocycles. The van der Waals surface area contributed by atoms with Crippen molar-refractivity contribution < 1.29 is 34.6 Å². The van der Waals surface area contributed by atoms with Gasteiger partial charge in [0, 0.05) is 0 Å². The summed E-state index contributed by atoms with van der Waals surface area (Å²) in [6, 6.07) is 0. The van der Waals surface area contributed by atoms with Crippen molar-refractivity contribution in [1.29, 1.82) is 0 Å². The summed E-state index contributed by atoms with van der Waals surface area (Å²) in [5, 5.41) is 35.0. The van der Waals surface area contributed by atoms with Gasteiger partial charge < -0.3 is 34.6 Å². The third-order valence-corrected chi connectivity index (χ3v) is 2.00. The van der Waals surface area contributed by atoms with E-state index in [2.05, 4.69) is 0 Å². The molecule has 7 nitrogen and oxygen atoms in total. The molecular weight excluding hydrogens is 220 g/mol. The minimum absolute atomic E-state index is 0.0108. The highest BCUT2D eigenvalue weighted by Crippen LogP contribution is 2.23. The van der Waals surface area contributed by atoms with Gasteiger partial charge in [-0.15, -0.1) is 0 Å². The van der Waals surface area contributed by atoms with E-state index in [0.717, 1.165) is 0 Å². The van der Waals surface area contributed by atoms with Crippen molar-refractivity contribution in [1.82, 2.24) is 0 Å². The zero-order valence-electron chi connectivity index (χ0n) is 8.86. The molecule has 1 saturated heterocycles. The van der Waals surface area contributed by atoms with Crippen LogP contribution in [0, 0.1) is 0 Å². The van der Waals surface area contributed by atoms with Crippen molar-refractivity contribution >= 4 is 0 Å². The summed E-state index contributed by atoms with van der Waals surface area (Å²) >= 11 is 0. The van der Waals surface area contributed by atoms with Crippen LogP contribution in [0.25, 0.3) is 0 Å². The molecule has 0 amide bonds. The summed E-state index contributed by atoms with van der Waals surface area (Å²) in [6.45, 7) is -0.374. The minimum Gasteiger partial charge on any atom is -0.394 e. The van der Waals surface area contributed by atoms with Crippen LogP contribution >= 0.6 is 0 Å². The largest absolute Gasteiger partial charge is 0.394 e. The van der Waals surface area contributed by atoms with E-state index in [9.17, 15) is 0 Å². The van der Waals surface area contributed by atoms with Gasteiger partial charge in [0.15, 0.2) is 6.29 Å². The molecule has 0 bridgehead atoms. The molecule has 1 rings (SSSR count). The molecule has 4 atom stereocenters. The molecule has 1 fully saturated rings. The SMILES string of the molecule is OCC(O)COCC1OC1OCC(O)CO. The first kappa shape index (κ1) is 13.8. The standard InChI is InChI=1S/C9H18O7/c10-1-6(12)3-14-5-8-9(16-8)15-4-7(13)2-11/h6-13H,1-5H2. The van der Waals surface area contributed by atoms with Gasteiger partial charge >= 0.3 is 0 Å². The smallest absolute Gasteiger partial charge is 0.186 e. The maximum atomic E-state index is 8.98. The van der Waals surface area contributed by atoms with E-state index in [1.807, 2.05) is 0 Å². The maximum absolute atomic E-state index is 8.98. The van der Waals surface area contributed by atoms with Gasteiger partial charge in [0.25, 0.3) is 0 Å². The van der Waals surface area contributed by atoms with Crippen molar-refractivity contribution in [2.24, 2.45) is 0 Å². The summed E-state index contributed by atoms with van der Waals surface area (Å²) < 4.78 is 15.2. The molecule has 16 heavy (non-hydrogen) atoms. The maximum Gasteiger partial charge on any atom is 0.186 e. The fourth-order valence-electron chi connectivity index (χ4n) is 1.02. The molecule has 0 saturated carbocycles. The van der Waals surface area contributed by atoms with Gasteiger partial charge in [-0.2, -0.15) is 0 Å². The Bertz CT molecular complexity index is 189. The lowest BCUT2D eigenvalue weighted by atomic mass is 10.4. The number of hydrogen-bond acceptors (Lipinski definition) is 7. The van der Waals surface area contributed by atoms with Crippen molar-refractivity contribution in [3.63, 3.8) is 0 Å². The van der Waals surface area contributed by atoms with E-state index >= 15 is 0 Å². The molecule has 1 aliphatic heterocycles. The van der Waals surface area contributed by atoms with Crippen LogP contribution in [-0.4, -0.2) is 78.1 Å². The molecule has 96 valence electrons. The van der Waals surface area contributed by atoms with Crippen LogP contribution < -0.4 is 0 Å². The highest BCUT2D eigenvalue weighted by molar-refractivity contribution is 4.77. The first-order chi connectivity index (χ1) is 7.67. The molecule has 0 spiro atoms. The van der Waals surface area contributed by atoms with E-state index in [1.165, 1.54) is 0 Å². The lowest BCUT2D eigenvalue weighted by molar-refractivity contribution is -0.0280. The second-order valence-corrected chi connectivity index (χ2v) is 3.59. The van der Waals surface area contributed by atoms with Gasteiger partial charge in [-0.05, 0) is 0 Å². The van der Waals surface area contributed by atoms with Crippen molar-refractivity contribution in [2.75, 3.05) is 33.0 Å². The molecule has 0 aromatic carbocycles. The van der Waals surface area contributed by atoms with Crippen LogP contribution in [0.1, 0.15) is 0 Å². The zero-order valence-corrected chi connectivity index (χ0v) is 8.86. The third kappa shape index (κ3) is 5.17. The highest BCUT2D eigenvalue weighted by atomic mass is 16.8. The predicted molar refractivity (Wildman–Crippen MR) is 51.6 cm³/mol. The number of aliphatic hydroxyl groups excluding tert-OH is 4. The second-order valence-electron chi connectivity index (χ2n) is 3.59. The van der Waals surface area contributed by atoms with E-state index in [4.69, 9.17) is 34.6 Å². The summed E-state index contributed by atoms with van der Waals surface area (Å²) in [5.74, 6) is 0. The molecule has 7 heteroatoms. The summed E-state index contributed by atoms with van der Waals surface area (Å²) in [4.78, 5) is 0. The molecule has 0 radical (unpaired) electrons. The Labute approximate surface area is 93.2 Å². The first-order valence-electron chi connectivity index (χ1n) is 5.10. The molecule has 1 heterocycles. The summed E-state index contributed by atoms with van der Waals surface area (Å²) in [7, 11) is 0. The second kappa shape index (κ2) is 7.13. The Balaban J connectivity index is 1.94. The number of epoxide rings is 1. The van der Waals surface area contributed by atoms with Crippen LogP contribution in [0.15, 0.2) is 0 Å². The normalized spacial score (nSPS) is 27.8. The average molecular weight is 238 g/mol. The first-order valence-corrected chi connectivity index (χ1v) is 5.10. The fraction of sp³-hybridized carbons (Fsp3) is 1.00. The highest BCUT2D eigenvalue weighted by Gasteiger charge is 2.40. The van der Waals surface area contributed by atoms with Crippen molar-refractivity contribution in [3.8, 4) is 0 Å². The lowest BCUT2D eigenvalue weighted by Crippen LogP contribution is -2.23. The monoisotopic (exact) mass is 238 g/mol. The van der Waals surface area contributed by atoms with Gasteiger partial charge in [0.1, 0.15) is 18.3 Å². The molecule has 0 aromatic rings. The third-order valence-electron chi connectivity index (χ3n) is 2.00. The van der Waals surface area contributed by atoms with Crippen LogP contribution in [0.2, 0.25) is 0 Å². The number of hydrogen-bond donors (Lipinski definition) is 4. The van der Waals surface area contributed by atoms with Gasteiger partial charge in [0.05, 0.1) is 33.0 Å². The zero-order chi connectivity index (χ0) is 12.0. The lowest BCUT2D eigenvalue weighted by Gasteiger charge is -2.07. The summed E-state index contributed by atoms with van der Waals surface area (Å²) in [6.07, 6.45) is -2.42. The van der Waals surface area contributed by atoms with Crippen LogP contribution in [0.3, 0.4) is 0 Å². The predicted octanol–water partition coefficient (Wildman–Crippen LogP) is -2.55. The van der Waals surface area contributed by atoms with E-state index in [-0.39, 0.29) is 39.1 Å². The Kier molecular flexibility index (Phi) is 6.14. The van der Waals surface area contributed by atoms with Crippen LogP contribution in [0.4, 0.5) is 0 Å². The van der Waals surface area contributed by atoms with Gasteiger partial charge in [-0.1, -0.05) is 0 Å². The van der Waals surface area contributed by atoms with Crippen LogP contribution in [0.5, 0.6) is 0 Å². The van der Waals surface area contributed by atoms with E-state index < -0.39 is 18.5 Å². The van der Waals surface area contributed by atoms with E-state index in [0.29, 0.717) is 0 Å². The Hall–Kier alpha value is -0.280. The number of aliphatic hydroxyl groups is 4. The number of ether oxygens (including phenoxy) is 3. The molecule has 4 N–H and O–H groups in total. The average Bonchev–Trinajstić information content (AvgIpc) is 3.04. The molecule has 4 unspecified atom stereocenters. The minimum atomic E-state index is -0.901. The fourth-order valence-corrected chi connectivity index (χ4v) is 1.02.